The highest BCUT2D eigenvalue weighted by Gasteiger charge is 2.37. The van der Waals surface area contributed by atoms with Gasteiger partial charge in [-0.3, -0.25) is 9.59 Å². The van der Waals surface area contributed by atoms with Gasteiger partial charge in [0.2, 0.25) is 0 Å². The highest BCUT2D eigenvalue weighted by atomic mass is 32.2. The number of fused-ring (bicyclic) bond motifs is 1. The molecule has 1 aromatic heterocycles. The monoisotopic (exact) mass is 399 g/mol. The number of Topliss-reactive ketones (excluding diaryl/α,β-unsaturated/α-hetero) is 1. The van der Waals surface area contributed by atoms with Crippen LogP contribution in [0.1, 0.15) is 56.1 Å². The Balaban J connectivity index is 1.83. The van der Waals surface area contributed by atoms with Gasteiger partial charge in [-0.2, -0.15) is 0 Å². The summed E-state index contributed by atoms with van der Waals surface area (Å²) in [6.07, 6.45) is 4.10. The number of allylic oxidation sites excluding steroid dienone is 2. The number of rotatable bonds is 5. The van der Waals surface area contributed by atoms with Crippen LogP contribution >= 0.6 is 11.8 Å². The molecule has 1 aliphatic heterocycles. The molecule has 0 amide bonds. The van der Waals surface area contributed by atoms with Gasteiger partial charge in [-0.1, -0.05) is 37.2 Å². The Hall–Kier alpha value is -2.41. The Morgan fingerprint density at radius 1 is 1.21 bits per heavy atom. The molecule has 7 heteroatoms. The number of nitrogens with one attached hydrogen (secondary N) is 2. The SMILES string of the molecule is CCCCSc1nc2c(c(=O)[nH]1)C(c1ccc(F)cc1)C1=C(CCCC1=O)N2. The maximum absolute atomic E-state index is 13.5. The number of aromatic nitrogens is 2. The van der Waals surface area contributed by atoms with Crippen LogP contribution in [-0.4, -0.2) is 21.5 Å². The Morgan fingerprint density at radius 3 is 2.75 bits per heavy atom. The van der Waals surface area contributed by atoms with Crippen LogP contribution in [0.2, 0.25) is 0 Å². The van der Waals surface area contributed by atoms with Crippen molar-refractivity contribution in [1.29, 1.82) is 0 Å². The number of benzene rings is 1. The third kappa shape index (κ3) is 3.51. The van der Waals surface area contributed by atoms with Gasteiger partial charge in [0.15, 0.2) is 10.9 Å². The zero-order valence-corrected chi connectivity index (χ0v) is 16.5. The summed E-state index contributed by atoms with van der Waals surface area (Å²) in [6.45, 7) is 2.12. The number of thioether (sulfide) groups is 1. The molecule has 1 unspecified atom stereocenters. The topological polar surface area (TPSA) is 74.8 Å². The second-order valence-corrected chi connectivity index (χ2v) is 8.20. The van der Waals surface area contributed by atoms with E-state index in [1.165, 1.54) is 23.9 Å². The first kappa shape index (κ1) is 18.9. The minimum Gasteiger partial charge on any atom is -0.343 e. The van der Waals surface area contributed by atoms with Crippen molar-refractivity contribution in [2.75, 3.05) is 11.1 Å². The van der Waals surface area contributed by atoms with Crippen molar-refractivity contribution in [3.8, 4) is 0 Å². The fourth-order valence-electron chi connectivity index (χ4n) is 3.81. The Morgan fingerprint density at radius 2 is 2.00 bits per heavy atom. The largest absolute Gasteiger partial charge is 0.343 e. The predicted octanol–water partition coefficient (Wildman–Crippen LogP) is 4.37. The minimum absolute atomic E-state index is 0.0366. The molecule has 0 fully saturated rings. The van der Waals surface area contributed by atoms with Crippen LogP contribution in [0.4, 0.5) is 10.2 Å². The lowest BCUT2D eigenvalue weighted by molar-refractivity contribution is -0.116. The molecule has 0 saturated heterocycles. The van der Waals surface area contributed by atoms with Crippen molar-refractivity contribution in [3.05, 3.63) is 62.8 Å². The lowest BCUT2D eigenvalue weighted by Gasteiger charge is -2.32. The molecule has 0 radical (unpaired) electrons. The van der Waals surface area contributed by atoms with Crippen LogP contribution < -0.4 is 10.9 Å². The van der Waals surface area contributed by atoms with Gasteiger partial charge < -0.3 is 10.3 Å². The van der Waals surface area contributed by atoms with Crippen molar-refractivity contribution in [2.45, 2.75) is 50.1 Å². The van der Waals surface area contributed by atoms with E-state index in [4.69, 9.17) is 0 Å². The summed E-state index contributed by atoms with van der Waals surface area (Å²) >= 11 is 1.52. The summed E-state index contributed by atoms with van der Waals surface area (Å²) < 4.78 is 13.5. The number of hydrogen-bond acceptors (Lipinski definition) is 5. The Labute approximate surface area is 166 Å². The number of hydrogen-bond donors (Lipinski definition) is 2. The summed E-state index contributed by atoms with van der Waals surface area (Å²) in [5, 5.41) is 3.83. The summed E-state index contributed by atoms with van der Waals surface area (Å²) in [7, 11) is 0. The molecule has 146 valence electrons. The first-order valence-corrected chi connectivity index (χ1v) is 10.6. The van der Waals surface area contributed by atoms with E-state index >= 15 is 0 Å². The van der Waals surface area contributed by atoms with Gasteiger partial charge in [0, 0.05) is 29.4 Å². The second-order valence-electron chi connectivity index (χ2n) is 7.11. The van der Waals surface area contributed by atoms with Gasteiger partial charge in [0.25, 0.3) is 5.56 Å². The van der Waals surface area contributed by atoms with E-state index < -0.39 is 5.92 Å². The smallest absolute Gasteiger partial charge is 0.257 e. The van der Waals surface area contributed by atoms with E-state index in [0.29, 0.717) is 28.5 Å². The number of ketones is 1. The molecule has 2 heterocycles. The fourth-order valence-corrected chi connectivity index (χ4v) is 4.76. The molecule has 0 spiro atoms. The van der Waals surface area contributed by atoms with Crippen LogP contribution in [0.3, 0.4) is 0 Å². The average molecular weight is 399 g/mol. The molecule has 0 saturated carbocycles. The van der Waals surface area contributed by atoms with Crippen LogP contribution in [0.5, 0.6) is 0 Å². The quantitative estimate of drug-likeness (QED) is 0.444. The van der Waals surface area contributed by atoms with Gasteiger partial charge in [-0.05, 0) is 37.0 Å². The number of nitrogens with zero attached hydrogens (tertiary/aromatic N) is 1. The molecule has 4 rings (SSSR count). The number of unbranched alkanes of at least 4 members (excludes halogenated alkanes) is 1. The number of anilines is 1. The van der Waals surface area contributed by atoms with Crippen LogP contribution in [-0.2, 0) is 4.79 Å². The zero-order chi connectivity index (χ0) is 19.7. The highest BCUT2D eigenvalue weighted by Crippen LogP contribution is 2.43. The van der Waals surface area contributed by atoms with Crippen molar-refractivity contribution in [1.82, 2.24) is 9.97 Å². The number of H-pyrrole nitrogens is 1. The van der Waals surface area contributed by atoms with E-state index in [0.717, 1.165) is 42.7 Å². The number of carbonyl (C=O) groups is 1. The third-order valence-electron chi connectivity index (χ3n) is 5.18. The molecular weight excluding hydrogens is 377 g/mol. The number of halogens is 1. The van der Waals surface area contributed by atoms with Crippen molar-refractivity contribution >= 4 is 23.4 Å². The van der Waals surface area contributed by atoms with Crippen molar-refractivity contribution in [3.63, 3.8) is 0 Å². The van der Waals surface area contributed by atoms with Crippen molar-refractivity contribution in [2.24, 2.45) is 0 Å². The van der Waals surface area contributed by atoms with Gasteiger partial charge in [0.05, 0.1) is 5.56 Å². The average Bonchev–Trinajstić information content (AvgIpc) is 2.67. The molecule has 5 nitrogen and oxygen atoms in total. The summed E-state index contributed by atoms with van der Waals surface area (Å²) in [5.41, 5.74) is 2.35. The molecule has 2 aliphatic rings. The van der Waals surface area contributed by atoms with E-state index in [1.54, 1.807) is 12.1 Å². The van der Waals surface area contributed by atoms with Gasteiger partial charge in [-0.15, -0.1) is 0 Å². The first-order chi connectivity index (χ1) is 13.6. The molecule has 0 bridgehead atoms. The van der Waals surface area contributed by atoms with Gasteiger partial charge >= 0.3 is 0 Å². The Bertz CT molecular complexity index is 998. The molecule has 1 aromatic carbocycles. The normalized spacial score (nSPS) is 18.5. The summed E-state index contributed by atoms with van der Waals surface area (Å²) in [6, 6.07) is 6.01. The second kappa shape index (κ2) is 7.91. The van der Waals surface area contributed by atoms with Crippen LogP contribution in [0, 0.1) is 5.82 Å². The maximum atomic E-state index is 13.5. The van der Waals surface area contributed by atoms with Gasteiger partial charge in [0.1, 0.15) is 11.6 Å². The third-order valence-corrected chi connectivity index (χ3v) is 6.14. The molecule has 2 N–H and O–H groups in total. The molecule has 28 heavy (non-hydrogen) atoms. The van der Waals surface area contributed by atoms with Crippen LogP contribution in [0.25, 0.3) is 0 Å². The molecule has 2 aromatic rings. The molecule has 1 atom stereocenters. The number of carbonyl (C=O) groups excluding carboxylic acids is 1. The van der Waals surface area contributed by atoms with E-state index in [-0.39, 0.29) is 17.2 Å². The molecule has 1 aliphatic carbocycles. The zero-order valence-electron chi connectivity index (χ0n) is 15.7. The standard InChI is InChI=1S/C21H22FN3O2S/c1-2-3-11-28-21-24-19-18(20(27)25-21)16(12-7-9-13(22)10-8-12)17-14(23-19)5-4-6-15(17)26/h7-10,16H,2-6,11H2,1H3,(H2,23,24,25,27). The van der Waals surface area contributed by atoms with E-state index in [1.807, 2.05) is 0 Å². The van der Waals surface area contributed by atoms with E-state index in [2.05, 4.69) is 22.2 Å². The number of aromatic amines is 1. The lowest BCUT2D eigenvalue weighted by Crippen LogP contribution is -2.32. The lowest BCUT2D eigenvalue weighted by atomic mass is 9.76. The Kier molecular flexibility index (Phi) is 5.35. The van der Waals surface area contributed by atoms with Crippen molar-refractivity contribution < 1.29 is 9.18 Å². The summed E-state index contributed by atoms with van der Waals surface area (Å²) in [4.78, 5) is 33.2. The fraction of sp³-hybridized carbons (Fsp3) is 0.381. The first-order valence-electron chi connectivity index (χ1n) is 9.64. The van der Waals surface area contributed by atoms with Gasteiger partial charge in [-0.25, -0.2) is 9.37 Å². The summed E-state index contributed by atoms with van der Waals surface area (Å²) in [5.74, 6) is 0.550. The predicted molar refractivity (Wildman–Crippen MR) is 108 cm³/mol. The van der Waals surface area contributed by atoms with Crippen LogP contribution in [0.15, 0.2) is 45.5 Å². The molecular formula is C21H22FN3O2S. The highest BCUT2D eigenvalue weighted by molar-refractivity contribution is 7.99. The maximum Gasteiger partial charge on any atom is 0.257 e. The van der Waals surface area contributed by atoms with E-state index in [9.17, 15) is 14.0 Å². The minimum atomic E-state index is -0.523.